The molecule has 0 unspecified atom stereocenters. The third kappa shape index (κ3) is 4.97. The van der Waals surface area contributed by atoms with Crippen LogP contribution in [0.15, 0.2) is 59.5 Å². The molecule has 0 aliphatic carbocycles. The van der Waals surface area contributed by atoms with E-state index in [0.717, 1.165) is 10.4 Å². The van der Waals surface area contributed by atoms with E-state index >= 15 is 0 Å². The average molecular weight is 515 g/mol. The molecular weight excluding hydrogens is 491 g/mol. The number of rotatable bonds is 5. The second-order valence-corrected chi connectivity index (χ2v) is 11.3. The molecule has 0 fully saturated rings. The van der Waals surface area contributed by atoms with Crippen molar-refractivity contribution in [3.05, 3.63) is 90.6 Å². The van der Waals surface area contributed by atoms with E-state index in [4.69, 9.17) is 28.9 Å². The minimum atomic E-state index is -0.693. The maximum Gasteiger partial charge on any atom is 0.260 e. The molecule has 9 heteroatoms. The number of nitrogen functional groups attached to an aromatic ring is 1. The summed E-state index contributed by atoms with van der Waals surface area (Å²) in [6.07, 6.45) is 2.08. The highest BCUT2D eigenvalue weighted by molar-refractivity contribution is 7.16. The van der Waals surface area contributed by atoms with Crippen LogP contribution in [0.25, 0.3) is 11.3 Å². The van der Waals surface area contributed by atoms with Crippen LogP contribution < -0.4 is 11.3 Å². The Hall–Kier alpha value is -2.87. The van der Waals surface area contributed by atoms with Gasteiger partial charge in [0.1, 0.15) is 5.69 Å². The van der Waals surface area contributed by atoms with Gasteiger partial charge in [-0.15, -0.1) is 11.3 Å². The summed E-state index contributed by atoms with van der Waals surface area (Å²) in [5.74, 6) is -0.210. The van der Waals surface area contributed by atoms with Crippen molar-refractivity contribution >= 4 is 46.1 Å². The van der Waals surface area contributed by atoms with Gasteiger partial charge in [0.05, 0.1) is 27.8 Å². The second-order valence-electron chi connectivity index (χ2n) is 9.04. The van der Waals surface area contributed by atoms with Crippen LogP contribution in [-0.2, 0) is 13.0 Å². The zero-order chi connectivity index (χ0) is 24.6. The Bertz CT molecular complexity index is 1430. The Morgan fingerprint density at radius 2 is 1.88 bits per heavy atom. The van der Waals surface area contributed by atoms with Crippen molar-refractivity contribution in [2.24, 2.45) is 5.41 Å². The molecule has 1 aromatic carbocycles. The van der Waals surface area contributed by atoms with Gasteiger partial charge in [-0.25, -0.2) is 4.68 Å². The van der Waals surface area contributed by atoms with Gasteiger partial charge in [-0.05, 0) is 42.0 Å². The molecule has 0 amide bonds. The first-order valence-electron chi connectivity index (χ1n) is 10.7. The molecule has 0 saturated heterocycles. The molecule has 34 heavy (non-hydrogen) atoms. The molecule has 0 spiro atoms. The van der Waals surface area contributed by atoms with Gasteiger partial charge in [0.25, 0.3) is 11.5 Å². The summed E-state index contributed by atoms with van der Waals surface area (Å²) in [7, 11) is 0. The summed E-state index contributed by atoms with van der Waals surface area (Å²) in [4.78, 5) is 27.6. The molecule has 176 valence electrons. The lowest BCUT2D eigenvalue weighted by molar-refractivity contribution is 0.0745. The molecular formula is C25H24Cl2N4O2S. The summed E-state index contributed by atoms with van der Waals surface area (Å²) in [6.45, 7) is 5.80. The lowest BCUT2D eigenvalue weighted by atomic mass is 9.95. The zero-order valence-corrected chi connectivity index (χ0v) is 21.3. The predicted octanol–water partition coefficient (Wildman–Crippen LogP) is 5.99. The molecule has 4 rings (SSSR count). The Kier molecular flexibility index (Phi) is 6.71. The normalized spacial score (nSPS) is 11.7. The third-order valence-electron chi connectivity index (χ3n) is 5.34. The molecule has 0 radical (unpaired) electrons. The summed E-state index contributed by atoms with van der Waals surface area (Å²) >= 11 is 13.6. The zero-order valence-electron chi connectivity index (χ0n) is 19.0. The molecule has 2 N–H and O–H groups in total. The van der Waals surface area contributed by atoms with Crippen LogP contribution in [0.5, 0.6) is 0 Å². The van der Waals surface area contributed by atoms with E-state index in [0.29, 0.717) is 45.0 Å². The number of carbonyl (C=O) groups excluding carboxylic acids is 1. The summed E-state index contributed by atoms with van der Waals surface area (Å²) in [5.41, 5.74) is 7.94. The predicted molar refractivity (Wildman–Crippen MR) is 139 cm³/mol. The van der Waals surface area contributed by atoms with Crippen molar-refractivity contribution in [2.75, 3.05) is 5.73 Å². The number of hydrogen-bond acceptors (Lipinski definition) is 5. The average Bonchev–Trinajstić information content (AvgIpc) is 3.32. The lowest BCUT2D eigenvalue weighted by Crippen LogP contribution is -2.29. The van der Waals surface area contributed by atoms with Crippen molar-refractivity contribution in [3.63, 3.8) is 0 Å². The van der Waals surface area contributed by atoms with Gasteiger partial charge in [-0.2, -0.15) is 5.10 Å². The van der Waals surface area contributed by atoms with Crippen LogP contribution in [0.3, 0.4) is 0 Å². The monoisotopic (exact) mass is 514 g/mol. The number of nitrogens with two attached hydrogens (primary N) is 1. The summed E-state index contributed by atoms with van der Waals surface area (Å²) in [6, 6.07) is 14.5. The van der Waals surface area contributed by atoms with Crippen LogP contribution in [0.4, 0.5) is 5.69 Å². The van der Waals surface area contributed by atoms with Crippen LogP contribution in [0.2, 0.25) is 9.36 Å². The second kappa shape index (κ2) is 9.41. The number of nitrogens with zero attached hydrogens (tertiary/aromatic N) is 3. The first-order valence-corrected chi connectivity index (χ1v) is 12.2. The lowest BCUT2D eigenvalue weighted by Gasteiger charge is -2.17. The van der Waals surface area contributed by atoms with Crippen molar-refractivity contribution in [3.8, 4) is 11.3 Å². The van der Waals surface area contributed by atoms with Gasteiger partial charge in [0.15, 0.2) is 0 Å². The molecule has 0 bridgehead atoms. The van der Waals surface area contributed by atoms with E-state index in [-0.39, 0.29) is 11.5 Å². The van der Waals surface area contributed by atoms with Crippen LogP contribution in [0.1, 0.15) is 41.7 Å². The van der Waals surface area contributed by atoms with Crippen LogP contribution in [-0.4, -0.2) is 20.3 Å². The fourth-order valence-electron chi connectivity index (χ4n) is 3.61. The number of hydrogen-bond donors (Lipinski definition) is 1. The van der Waals surface area contributed by atoms with Crippen LogP contribution in [0, 0.1) is 5.41 Å². The first kappa shape index (κ1) is 24.3. The molecule has 0 saturated carbocycles. The van der Waals surface area contributed by atoms with Crippen molar-refractivity contribution < 1.29 is 4.79 Å². The van der Waals surface area contributed by atoms with Crippen molar-refractivity contribution in [1.29, 1.82) is 0 Å². The Balaban J connectivity index is 1.81. The SMILES string of the molecule is CC(C)(C)C(=O)n1nc(-c2cccn(Cc3cccc(Cl)c3)c2=O)c(N)c1Cc1ccc(Cl)s1. The third-order valence-corrected chi connectivity index (χ3v) is 6.81. The molecule has 0 aliphatic rings. The van der Waals surface area contributed by atoms with E-state index in [9.17, 15) is 9.59 Å². The molecule has 0 atom stereocenters. The van der Waals surface area contributed by atoms with Crippen LogP contribution >= 0.6 is 34.5 Å². The van der Waals surface area contributed by atoms with Gasteiger partial charge < -0.3 is 10.3 Å². The number of thiophene rings is 1. The number of benzene rings is 1. The highest BCUT2D eigenvalue weighted by Crippen LogP contribution is 2.32. The van der Waals surface area contributed by atoms with E-state index < -0.39 is 5.41 Å². The molecule has 0 aliphatic heterocycles. The fraction of sp³-hybridized carbons (Fsp3) is 0.240. The topological polar surface area (TPSA) is 82.9 Å². The Morgan fingerprint density at radius 3 is 2.53 bits per heavy atom. The number of halogens is 2. The van der Waals surface area contributed by atoms with E-state index in [1.807, 2.05) is 45.0 Å². The van der Waals surface area contributed by atoms with Gasteiger partial charge in [0.2, 0.25) is 0 Å². The quantitative estimate of drug-likeness (QED) is 0.354. The number of anilines is 1. The molecule has 3 aromatic heterocycles. The Labute approximate surface area is 211 Å². The maximum atomic E-state index is 13.4. The van der Waals surface area contributed by atoms with Gasteiger partial charge in [-0.1, -0.05) is 56.1 Å². The fourth-order valence-corrected chi connectivity index (χ4v) is 4.91. The highest BCUT2D eigenvalue weighted by Gasteiger charge is 2.30. The number of carbonyl (C=O) groups is 1. The minimum absolute atomic E-state index is 0.210. The first-order chi connectivity index (χ1) is 16.0. The maximum absolute atomic E-state index is 13.4. The number of pyridine rings is 1. The van der Waals surface area contributed by atoms with Crippen molar-refractivity contribution in [2.45, 2.75) is 33.7 Å². The standard InChI is InChI=1S/C25H24Cl2N4O2S/c1-25(2,3)24(33)31-19(13-17-9-10-20(27)34-17)21(28)22(29-31)18-8-5-11-30(23(18)32)14-15-6-4-7-16(26)12-15/h4-12H,13-14,28H2,1-3H3. The summed E-state index contributed by atoms with van der Waals surface area (Å²) < 4.78 is 3.56. The minimum Gasteiger partial charge on any atom is -0.395 e. The van der Waals surface area contributed by atoms with E-state index in [2.05, 4.69) is 5.10 Å². The van der Waals surface area contributed by atoms with Gasteiger partial charge in [0, 0.05) is 27.9 Å². The van der Waals surface area contributed by atoms with Gasteiger partial charge in [-0.3, -0.25) is 9.59 Å². The summed E-state index contributed by atoms with van der Waals surface area (Å²) in [5, 5.41) is 5.15. The number of aromatic nitrogens is 3. The molecule has 3 heterocycles. The Morgan fingerprint density at radius 1 is 1.12 bits per heavy atom. The van der Waals surface area contributed by atoms with E-state index in [1.54, 1.807) is 35.0 Å². The van der Waals surface area contributed by atoms with Crippen molar-refractivity contribution in [1.82, 2.24) is 14.3 Å². The molecule has 4 aromatic rings. The highest BCUT2D eigenvalue weighted by atomic mass is 35.5. The van der Waals surface area contributed by atoms with Gasteiger partial charge >= 0.3 is 0 Å². The van der Waals surface area contributed by atoms with E-state index in [1.165, 1.54) is 16.0 Å². The molecule has 6 nitrogen and oxygen atoms in total. The smallest absolute Gasteiger partial charge is 0.260 e. The largest absolute Gasteiger partial charge is 0.395 e.